The van der Waals surface area contributed by atoms with E-state index >= 15 is 0 Å². The lowest BCUT2D eigenvalue weighted by Gasteiger charge is -2.37. The maximum atomic E-state index is 5.62. The van der Waals surface area contributed by atoms with Crippen LogP contribution in [0.3, 0.4) is 0 Å². The molecular formula is C15H21NO. The van der Waals surface area contributed by atoms with E-state index < -0.39 is 0 Å². The Morgan fingerprint density at radius 2 is 2.00 bits per heavy atom. The molecule has 0 radical (unpaired) electrons. The first-order chi connectivity index (χ1) is 8.42. The lowest BCUT2D eigenvalue weighted by Crippen LogP contribution is -2.43. The number of hydrogen-bond donors (Lipinski definition) is 1. The fourth-order valence-corrected chi connectivity index (χ4v) is 2.89. The zero-order valence-corrected chi connectivity index (χ0v) is 10.3. The molecule has 1 saturated heterocycles. The van der Waals surface area contributed by atoms with Gasteiger partial charge in [-0.3, -0.25) is 0 Å². The van der Waals surface area contributed by atoms with E-state index in [1.165, 1.54) is 31.2 Å². The standard InChI is InChI=1S/C15H21NO/c1-2-5-12(6-3-1)13-9-14(10-13)16-11-15-7-4-8-17-15/h1-3,5-6,13-16H,4,7-11H2. The molecule has 1 heterocycles. The van der Waals surface area contributed by atoms with E-state index in [4.69, 9.17) is 4.74 Å². The van der Waals surface area contributed by atoms with Crippen molar-refractivity contribution in [1.82, 2.24) is 5.32 Å². The molecule has 1 unspecified atom stereocenters. The van der Waals surface area contributed by atoms with Crippen LogP contribution in [-0.4, -0.2) is 25.3 Å². The molecule has 17 heavy (non-hydrogen) atoms. The molecule has 1 aliphatic heterocycles. The van der Waals surface area contributed by atoms with Crippen molar-refractivity contribution in [2.24, 2.45) is 0 Å². The molecule has 92 valence electrons. The molecule has 1 N–H and O–H groups in total. The molecule has 2 heteroatoms. The first kappa shape index (κ1) is 11.2. The molecule has 2 aliphatic rings. The van der Waals surface area contributed by atoms with E-state index in [1.807, 2.05) is 0 Å². The summed E-state index contributed by atoms with van der Waals surface area (Å²) in [5.41, 5.74) is 1.50. The Labute approximate surface area is 103 Å². The topological polar surface area (TPSA) is 21.3 Å². The van der Waals surface area contributed by atoms with Gasteiger partial charge in [-0.1, -0.05) is 30.3 Å². The third kappa shape index (κ3) is 2.70. The van der Waals surface area contributed by atoms with Crippen LogP contribution in [0.5, 0.6) is 0 Å². The van der Waals surface area contributed by atoms with Gasteiger partial charge in [-0.25, -0.2) is 0 Å². The van der Waals surface area contributed by atoms with Gasteiger partial charge >= 0.3 is 0 Å². The highest BCUT2D eigenvalue weighted by atomic mass is 16.5. The molecule has 0 spiro atoms. The van der Waals surface area contributed by atoms with E-state index in [9.17, 15) is 0 Å². The Morgan fingerprint density at radius 1 is 1.18 bits per heavy atom. The Balaban J connectivity index is 1.39. The van der Waals surface area contributed by atoms with Crippen LogP contribution in [0, 0.1) is 0 Å². The average Bonchev–Trinajstić information content (AvgIpc) is 2.81. The van der Waals surface area contributed by atoms with Crippen molar-refractivity contribution in [3.63, 3.8) is 0 Å². The van der Waals surface area contributed by atoms with Gasteiger partial charge in [0.05, 0.1) is 6.10 Å². The van der Waals surface area contributed by atoms with Gasteiger partial charge in [0.1, 0.15) is 0 Å². The van der Waals surface area contributed by atoms with E-state index in [2.05, 4.69) is 35.6 Å². The number of rotatable bonds is 4. The highest BCUT2D eigenvalue weighted by Crippen LogP contribution is 2.36. The van der Waals surface area contributed by atoms with Crippen LogP contribution >= 0.6 is 0 Å². The second kappa shape index (κ2) is 5.19. The van der Waals surface area contributed by atoms with E-state index in [-0.39, 0.29) is 0 Å². The van der Waals surface area contributed by atoms with Crippen LogP contribution in [-0.2, 0) is 4.74 Å². The quantitative estimate of drug-likeness (QED) is 0.860. The van der Waals surface area contributed by atoms with Crippen molar-refractivity contribution < 1.29 is 4.74 Å². The SMILES string of the molecule is c1ccc(C2CC(NCC3CCCO3)C2)cc1. The van der Waals surface area contributed by atoms with Gasteiger partial charge in [0.25, 0.3) is 0 Å². The number of benzene rings is 1. The monoisotopic (exact) mass is 231 g/mol. The molecule has 1 saturated carbocycles. The van der Waals surface area contributed by atoms with Crippen LogP contribution in [0.2, 0.25) is 0 Å². The second-order valence-corrected chi connectivity index (χ2v) is 5.32. The van der Waals surface area contributed by atoms with Crippen molar-refractivity contribution in [3.05, 3.63) is 35.9 Å². The number of hydrogen-bond acceptors (Lipinski definition) is 2. The normalized spacial score (nSPS) is 32.4. The van der Waals surface area contributed by atoms with Gasteiger partial charge in [0.15, 0.2) is 0 Å². The molecule has 0 bridgehead atoms. The van der Waals surface area contributed by atoms with E-state index in [1.54, 1.807) is 0 Å². The second-order valence-electron chi connectivity index (χ2n) is 5.32. The summed E-state index contributed by atoms with van der Waals surface area (Å²) in [5, 5.41) is 3.64. The fraction of sp³-hybridized carbons (Fsp3) is 0.600. The molecular weight excluding hydrogens is 210 g/mol. The minimum Gasteiger partial charge on any atom is -0.377 e. The van der Waals surface area contributed by atoms with Gasteiger partial charge in [-0.05, 0) is 37.2 Å². The van der Waals surface area contributed by atoms with Crippen molar-refractivity contribution in [1.29, 1.82) is 0 Å². The average molecular weight is 231 g/mol. The lowest BCUT2D eigenvalue weighted by atomic mass is 9.76. The maximum Gasteiger partial charge on any atom is 0.0700 e. The molecule has 3 rings (SSSR count). The fourth-order valence-electron chi connectivity index (χ4n) is 2.89. The summed E-state index contributed by atoms with van der Waals surface area (Å²) in [4.78, 5) is 0. The Morgan fingerprint density at radius 3 is 2.71 bits per heavy atom. The van der Waals surface area contributed by atoms with Gasteiger partial charge in [0.2, 0.25) is 0 Å². The van der Waals surface area contributed by atoms with Gasteiger partial charge in [-0.2, -0.15) is 0 Å². The Hall–Kier alpha value is -0.860. The molecule has 1 atom stereocenters. The highest BCUT2D eigenvalue weighted by molar-refractivity contribution is 5.22. The van der Waals surface area contributed by atoms with Crippen molar-refractivity contribution in [2.45, 2.75) is 43.7 Å². The molecule has 1 aromatic carbocycles. The Bertz CT molecular complexity index is 339. The summed E-state index contributed by atoms with van der Waals surface area (Å²) in [5.74, 6) is 0.776. The van der Waals surface area contributed by atoms with Gasteiger partial charge in [0, 0.05) is 19.2 Å². The third-order valence-electron chi connectivity index (χ3n) is 4.07. The minimum absolute atomic E-state index is 0.478. The van der Waals surface area contributed by atoms with Gasteiger partial charge < -0.3 is 10.1 Å². The van der Waals surface area contributed by atoms with E-state index in [0.29, 0.717) is 12.1 Å². The van der Waals surface area contributed by atoms with Crippen LogP contribution in [0.1, 0.15) is 37.2 Å². The largest absolute Gasteiger partial charge is 0.377 e. The summed E-state index contributed by atoms with van der Waals surface area (Å²) < 4.78 is 5.62. The summed E-state index contributed by atoms with van der Waals surface area (Å²) >= 11 is 0. The predicted octanol–water partition coefficient (Wildman–Crippen LogP) is 2.70. The van der Waals surface area contributed by atoms with Crippen LogP contribution in [0.25, 0.3) is 0 Å². The molecule has 0 aromatic heterocycles. The zero-order chi connectivity index (χ0) is 11.5. The highest BCUT2D eigenvalue weighted by Gasteiger charge is 2.30. The van der Waals surface area contributed by atoms with Crippen molar-refractivity contribution >= 4 is 0 Å². The number of ether oxygens (including phenoxy) is 1. The van der Waals surface area contributed by atoms with Crippen LogP contribution < -0.4 is 5.32 Å². The third-order valence-corrected chi connectivity index (χ3v) is 4.07. The van der Waals surface area contributed by atoms with Gasteiger partial charge in [-0.15, -0.1) is 0 Å². The van der Waals surface area contributed by atoms with Crippen molar-refractivity contribution in [2.75, 3.05) is 13.2 Å². The number of nitrogens with one attached hydrogen (secondary N) is 1. The molecule has 2 nitrogen and oxygen atoms in total. The smallest absolute Gasteiger partial charge is 0.0700 e. The maximum absolute atomic E-state index is 5.62. The minimum atomic E-state index is 0.478. The molecule has 0 amide bonds. The van der Waals surface area contributed by atoms with Crippen molar-refractivity contribution in [3.8, 4) is 0 Å². The summed E-state index contributed by atoms with van der Waals surface area (Å²) in [6.45, 7) is 2.01. The molecule has 2 fully saturated rings. The van der Waals surface area contributed by atoms with Crippen LogP contribution in [0.4, 0.5) is 0 Å². The summed E-state index contributed by atoms with van der Waals surface area (Å²) in [6.07, 6.45) is 5.53. The zero-order valence-electron chi connectivity index (χ0n) is 10.3. The van der Waals surface area contributed by atoms with Crippen LogP contribution in [0.15, 0.2) is 30.3 Å². The lowest BCUT2D eigenvalue weighted by molar-refractivity contribution is 0.102. The van der Waals surface area contributed by atoms with E-state index in [0.717, 1.165) is 19.1 Å². The molecule has 1 aliphatic carbocycles. The first-order valence-electron chi connectivity index (χ1n) is 6.82. The molecule has 1 aromatic rings. The summed E-state index contributed by atoms with van der Waals surface area (Å²) in [6, 6.07) is 11.6. The summed E-state index contributed by atoms with van der Waals surface area (Å²) in [7, 11) is 0. The first-order valence-corrected chi connectivity index (χ1v) is 6.82. The predicted molar refractivity (Wildman–Crippen MR) is 69.2 cm³/mol. The Kier molecular flexibility index (Phi) is 3.44.